The highest BCUT2D eigenvalue weighted by Crippen LogP contribution is 2.56. The number of thiazole rings is 1. The maximum Gasteiger partial charge on any atom is 0.180 e. The minimum atomic E-state index is -0.184. The van der Waals surface area contributed by atoms with Gasteiger partial charge in [0.25, 0.3) is 0 Å². The molecule has 1 saturated heterocycles. The summed E-state index contributed by atoms with van der Waals surface area (Å²) in [4.78, 5) is 8.29. The molecule has 1 aromatic heterocycles. The summed E-state index contributed by atoms with van der Waals surface area (Å²) >= 11 is 1.62. The van der Waals surface area contributed by atoms with Crippen LogP contribution in [0.3, 0.4) is 0 Å². The van der Waals surface area contributed by atoms with Crippen molar-refractivity contribution in [3.63, 3.8) is 0 Å². The summed E-state index contributed by atoms with van der Waals surface area (Å²) in [5, 5.41) is 0.667. The molecule has 3 aliphatic rings. The molecule has 1 fully saturated rings. The number of nitrogen functional groups attached to an aromatic ring is 1. The van der Waals surface area contributed by atoms with Crippen molar-refractivity contribution in [3.8, 4) is 0 Å². The summed E-state index contributed by atoms with van der Waals surface area (Å²) in [6.45, 7) is 0. The topological polar surface area (TPSA) is 42.2 Å². The fourth-order valence-corrected chi connectivity index (χ4v) is 4.86. The lowest BCUT2D eigenvalue weighted by molar-refractivity contribution is 0.0746. The Bertz CT molecular complexity index is 652. The van der Waals surface area contributed by atoms with Crippen LogP contribution in [-0.4, -0.2) is 16.9 Å². The Hall–Kier alpha value is -1.46. The third-order valence-electron chi connectivity index (χ3n) is 4.63. The number of rotatable bonds is 1. The van der Waals surface area contributed by atoms with Crippen LogP contribution >= 0.6 is 11.3 Å². The highest BCUT2D eigenvalue weighted by molar-refractivity contribution is 7.15. The number of likely N-dealkylation sites (N-methyl/N-ethyl adjacent to an activating group) is 1. The second-order valence-electron chi connectivity index (χ2n) is 5.66. The van der Waals surface area contributed by atoms with Gasteiger partial charge in [-0.05, 0) is 37.6 Å². The van der Waals surface area contributed by atoms with E-state index in [1.807, 2.05) is 12.1 Å². The third kappa shape index (κ3) is 1.63. The summed E-state index contributed by atoms with van der Waals surface area (Å²) in [7, 11) is 2.16. The van der Waals surface area contributed by atoms with Crippen molar-refractivity contribution >= 4 is 16.5 Å². The molecule has 2 aliphatic heterocycles. The number of hydrogen-bond donors (Lipinski definition) is 1. The maximum absolute atomic E-state index is 13.1. The molecule has 0 saturated carbocycles. The summed E-state index contributed by atoms with van der Waals surface area (Å²) < 4.78 is 13.1. The molecule has 0 amide bonds. The van der Waals surface area contributed by atoms with Crippen LogP contribution in [0.25, 0.3) is 0 Å². The zero-order chi connectivity index (χ0) is 13.9. The summed E-state index contributed by atoms with van der Waals surface area (Å²) in [6, 6.07) is 7.56. The van der Waals surface area contributed by atoms with Gasteiger partial charge >= 0.3 is 0 Å². The molecule has 20 heavy (non-hydrogen) atoms. The van der Waals surface area contributed by atoms with E-state index >= 15 is 0 Å². The van der Waals surface area contributed by atoms with Crippen LogP contribution in [0.1, 0.15) is 47.0 Å². The van der Waals surface area contributed by atoms with Gasteiger partial charge < -0.3 is 5.73 Å². The van der Waals surface area contributed by atoms with E-state index in [2.05, 4.69) is 16.9 Å². The first-order valence-electron chi connectivity index (χ1n) is 6.88. The van der Waals surface area contributed by atoms with Crippen LogP contribution in [0.15, 0.2) is 24.3 Å². The lowest BCUT2D eigenvalue weighted by Gasteiger charge is -2.48. The van der Waals surface area contributed by atoms with Crippen molar-refractivity contribution in [1.82, 2.24) is 9.88 Å². The van der Waals surface area contributed by atoms with E-state index in [1.165, 1.54) is 16.1 Å². The first-order valence-corrected chi connectivity index (χ1v) is 7.70. The number of anilines is 1. The maximum atomic E-state index is 13.1. The van der Waals surface area contributed by atoms with Crippen molar-refractivity contribution in [2.75, 3.05) is 12.8 Å². The Balaban J connectivity index is 1.81. The minimum absolute atomic E-state index is 0.184. The number of aromatic nitrogens is 1. The standard InChI is InChI=1S/C15H16FN3S/c1-19-11-7-6-10(12-14(11)20-15(17)18-12)13(19)8-2-4-9(16)5-3-8/h2-5,10-11,13H,6-7H2,1H3,(H2,17,18). The zero-order valence-electron chi connectivity index (χ0n) is 11.2. The summed E-state index contributed by atoms with van der Waals surface area (Å²) in [6.07, 6.45) is 2.29. The normalized spacial score (nSPS) is 28.6. The minimum Gasteiger partial charge on any atom is -0.375 e. The lowest BCUT2D eigenvalue weighted by atomic mass is 9.74. The molecule has 3 heterocycles. The molecule has 0 radical (unpaired) electrons. The molecule has 0 spiro atoms. The van der Waals surface area contributed by atoms with E-state index in [-0.39, 0.29) is 11.9 Å². The molecular weight excluding hydrogens is 273 g/mol. The molecule has 2 aromatic rings. The quantitative estimate of drug-likeness (QED) is 0.874. The van der Waals surface area contributed by atoms with Gasteiger partial charge in [-0.1, -0.05) is 12.1 Å². The van der Waals surface area contributed by atoms with Crippen LogP contribution in [0.5, 0.6) is 0 Å². The number of hydrogen-bond acceptors (Lipinski definition) is 4. The number of benzene rings is 1. The smallest absolute Gasteiger partial charge is 0.180 e. The lowest BCUT2D eigenvalue weighted by Crippen LogP contribution is -2.42. The first-order chi connectivity index (χ1) is 9.65. The highest BCUT2D eigenvalue weighted by atomic mass is 32.1. The number of nitrogens with two attached hydrogens (primary N) is 1. The molecule has 2 bridgehead atoms. The monoisotopic (exact) mass is 289 g/mol. The highest BCUT2D eigenvalue weighted by Gasteiger charge is 2.46. The molecule has 1 aliphatic carbocycles. The molecule has 3 nitrogen and oxygen atoms in total. The molecule has 3 unspecified atom stereocenters. The van der Waals surface area contributed by atoms with E-state index < -0.39 is 0 Å². The first kappa shape index (κ1) is 12.3. The van der Waals surface area contributed by atoms with Gasteiger partial charge in [0.05, 0.1) is 5.69 Å². The van der Waals surface area contributed by atoms with Gasteiger partial charge in [0.1, 0.15) is 5.82 Å². The van der Waals surface area contributed by atoms with Crippen LogP contribution in [0.2, 0.25) is 0 Å². The van der Waals surface area contributed by atoms with Crippen molar-refractivity contribution in [1.29, 1.82) is 0 Å². The number of halogens is 1. The van der Waals surface area contributed by atoms with E-state index in [9.17, 15) is 4.39 Å². The van der Waals surface area contributed by atoms with Gasteiger partial charge in [0.2, 0.25) is 0 Å². The van der Waals surface area contributed by atoms with Crippen molar-refractivity contribution in [2.24, 2.45) is 0 Å². The Morgan fingerprint density at radius 3 is 2.80 bits per heavy atom. The van der Waals surface area contributed by atoms with Crippen LogP contribution in [0, 0.1) is 5.82 Å². The van der Waals surface area contributed by atoms with E-state index in [4.69, 9.17) is 5.73 Å². The second kappa shape index (κ2) is 4.27. The fraction of sp³-hybridized carbons (Fsp3) is 0.400. The third-order valence-corrected chi connectivity index (χ3v) is 5.63. The number of fused-ring (bicyclic) bond motifs is 2. The predicted octanol–water partition coefficient (Wildman–Crippen LogP) is 3.47. The number of piperidine rings is 1. The zero-order valence-corrected chi connectivity index (χ0v) is 12.0. The Kier molecular flexibility index (Phi) is 2.62. The number of nitrogens with zero attached hydrogens (tertiary/aromatic N) is 2. The molecule has 1 aromatic carbocycles. The molecule has 3 atom stereocenters. The van der Waals surface area contributed by atoms with Gasteiger partial charge in [0, 0.05) is 22.9 Å². The van der Waals surface area contributed by atoms with Crippen LogP contribution in [0.4, 0.5) is 9.52 Å². The van der Waals surface area contributed by atoms with Crippen molar-refractivity contribution < 1.29 is 4.39 Å². The van der Waals surface area contributed by atoms with Gasteiger partial charge in [-0.3, -0.25) is 4.90 Å². The molecule has 5 rings (SSSR count). The molecule has 104 valence electrons. The van der Waals surface area contributed by atoms with E-state index in [0.717, 1.165) is 12.8 Å². The van der Waals surface area contributed by atoms with Crippen LogP contribution in [-0.2, 0) is 0 Å². The van der Waals surface area contributed by atoms with Crippen LogP contribution < -0.4 is 5.73 Å². The van der Waals surface area contributed by atoms with E-state index in [1.54, 1.807) is 23.5 Å². The van der Waals surface area contributed by atoms with E-state index in [0.29, 0.717) is 17.1 Å². The average Bonchev–Trinajstić information content (AvgIpc) is 2.83. The SMILES string of the molecule is CN1C2CCC(c3nc(N)sc32)C1c1ccc(F)cc1. The fourth-order valence-electron chi connectivity index (χ4n) is 3.77. The summed E-state index contributed by atoms with van der Waals surface area (Å²) in [5.41, 5.74) is 8.24. The Morgan fingerprint density at radius 1 is 1.30 bits per heavy atom. The second-order valence-corrected chi connectivity index (χ2v) is 6.73. The average molecular weight is 289 g/mol. The summed E-state index contributed by atoms with van der Waals surface area (Å²) in [5.74, 6) is 0.190. The molecular formula is C15H16FN3S. The van der Waals surface area contributed by atoms with Crippen molar-refractivity contribution in [3.05, 3.63) is 46.2 Å². The molecule has 5 heteroatoms. The van der Waals surface area contributed by atoms with Gasteiger partial charge in [-0.2, -0.15) is 0 Å². The van der Waals surface area contributed by atoms with Gasteiger partial charge in [-0.25, -0.2) is 9.37 Å². The van der Waals surface area contributed by atoms with Gasteiger partial charge in [-0.15, -0.1) is 11.3 Å². The Morgan fingerprint density at radius 2 is 2.05 bits per heavy atom. The Labute approximate surface area is 121 Å². The largest absolute Gasteiger partial charge is 0.375 e. The van der Waals surface area contributed by atoms with Gasteiger partial charge in [0.15, 0.2) is 5.13 Å². The predicted molar refractivity (Wildman–Crippen MR) is 78.1 cm³/mol. The van der Waals surface area contributed by atoms with Crippen molar-refractivity contribution in [2.45, 2.75) is 30.8 Å². The molecule has 2 N–H and O–H groups in total.